The lowest BCUT2D eigenvalue weighted by molar-refractivity contribution is -0.165. The number of carboxylic acid groups (broad SMARTS) is 2. The van der Waals surface area contributed by atoms with Crippen LogP contribution in [0.3, 0.4) is 0 Å². The second kappa shape index (κ2) is 7.34. The van der Waals surface area contributed by atoms with E-state index in [1.807, 2.05) is 0 Å². The van der Waals surface area contributed by atoms with E-state index in [1.165, 1.54) is 24.3 Å². The molecule has 0 amide bonds. The van der Waals surface area contributed by atoms with Crippen LogP contribution < -0.4 is 0 Å². The van der Waals surface area contributed by atoms with Gasteiger partial charge in [-0.15, -0.1) is 0 Å². The quantitative estimate of drug-likeness (QED) is 0.502. The van der Waals surface area contributed by atoms with Gasteiger partial charge in [0.2, 0.25) is 0 Å². The topological polar surface area (TPSA) is 135 Å². The van der Waals surface area contributed by atoms with Crippen molar-refractivity contribution in [3.05, 3.63) is 29.8 Å². The third kappa shape index (κ3) is 5.36. The van der Waals surface area contributed by atoms with Gasteiger partial charge < -0.3 is 25.5 Å². The molecule has 1 aromatic carbocycles. The molecule has 19 heavy (non-hydrogen) atoms. The molecular formula is C12H16O7. The number of hydrogen-bond donors (Lipinski definition) is 5. The molecule has 7 nitrogen and oxygen atoms in total. The molecule has 0 aliphatic heterocycles. The van der Waals surface area contributed by atoms with Crippen LogP contribution in [0.15, 0.2) is 24.3 Å². The zero-order valence-electron chi connectivity index (χ0n) is 10.3. The first-order chi connectivity index (χ1) is 8.83. The minimum Gasteiger partial charge on any atom is -0.508 e. The van der Waals surface area contributed by atoms with Crippen molar-refractivity contribution >= 4 is 11.9 Å². The van der Waals surface area contributed by atoms with Crippen molar-refractivity contribution in [3.63, 3.8) is 0 Å². The molecule has 0 bridgehead atoms. The van der Waals surface area contributed by atoms with Gasteiger partial charge in [-0.3, -0.25) is 4.79 Å². The van der Waals surface area contributed by atoms with Gasteiger partial charge in [-0.25, -0.2) is 4.79 Å². The highest BCUT2D eigenvalue weighted by Gasteiger charge is 2.38. The lowest BCUT2D eigenvalue weighted by atomic mass is 9.91. The van der Waals surface area contributed by atoms with Crippen molar-refractivity contribution in [2.45, 2.75) is 18.4 Å². The van der Waals surface area contributed by atoms with E-state index in [-0.39, 0.29) is 12.2 Å². The molecular weight excluding hydrogens is 256 g/mol. The second-order valence-corrected chi connectivity index (χ2v) is 3.75. The lowest BCUT2D eigenvalue weighted by Gasteiger charge is -2.21. The van der Waals surface area contributed by atoms with E-state index in [0.717, 1.165) is 7.11 Å². The fourth-order valence-corrected chi connectivity index (χ4v) is 1.42. The predicted octanol–water partition coefficient (Wildman–Crippen LogP) is -0.166. The average Bonchev–Trinajstić information content (AvgIpc) is 2.33. The maximum atomic E-state index is 10.9. The first-order valence-electron chi connectivity index (χ1n) is 5.24. The normalized spacial score (nSPS) is 12.8. The fraction of sp³-hybridized carbons (Fsp3) is 0.333. The Hall–Kier alpha value is -2.12. The summed E-state index contributed by atoms with van der Waals surface area (Å²) in [7, 11) is 1.00. The van der Waals surface area contributed by atoms with Crippen LogP contribution in [0.5, 0.6) is 5.75 Å². The molecule has 0 saturated carbocycles. The standard InChI is InChI=1S/C11H12O6.CH4O/c12-8-3-1-7(2-4-8)5-11(17,10(15)16)6-9(13)14;1-2/h1-4,12,17H,5-6H2,(H,13,14)(H,15,16);2H,1H3/t11-;/m1./s1. The summed E-state index contributed by atoms with van der Waals surface area (Å²) in [4.78, 5) is 21.4. The molecule has 0 saturated heterocycles. The average molecular weight is 272 g/mol. The maximum Gasteiger partial charge on any atom is 0.336 e. The van der Waals surface area contributed by atoms with Crippen molar-refractivity contribution in [1.82, 2.24) is 0 Å². The molecule has 0 radical (unpaired) electrons. The van der Waals surface area contributed by atoms with Crippen LogP contribution in [0.2, 0.25) is 0 Å². The third-order valence-electron chi connectivity index (χ3n) is 2.27. The van der Waals surface area contributed by atoms with Gasteiger partial charge in [0.1, 0.15) is 5.75 Å². The minimum absolute atomic E-state index is 0.00542. The molecule has 0 aromatic heterocycles. The van der Waals surface area contributed by atoms with Gasteiger partial charge >= 0.3 is 11.9 Å². The molecule has 5 N–H and O–H groups in total. The number of carboxylic acids is 2. The summed E-state index contributed by atoms with van der Waals surface area (Å²) in [6.07, 6.45) is -1.22. The summed E-state index contributed by atoms with van der Waals surface area (Å²) in [5, 5.41) is 43.2. The highest BCUT2D eigenvalue weighted by atomic mass is 16.4. The smallest absolute Gasteiger partial charge is 0.336 e. The molecule has 1 aromatic rings. The predicted molar refractivity (Wildman–Crippen MR) is 64.8 cm³/mol. The van der Waals surface area contributed by atoms with Crippen LogP contribution in [-0.4, -0.2) is 50.2 Å². The molecule has 0 aliphatic carbocycles. The van der Waals surface area contributed by atoms with E-state index >= 15 is 0 Å². The molecule has 1 atom stereocenters. The zero-order chi connectivity index (χ0) is 15.1. The molecule has 0 fully saturated rings. The van der Waals surface area contributed by atoms with E-state index in [1.54, 1.807) is 0 Å². The first-order valence-corrected chi connectivity index (χ1v) is 5.24. The number of aliphatic carboxylic acids is 2. The van der Waals surface area contributed by atoms with E-state index in [9.17, 15) is 14.7 Å². The number of rotatable bonds is 5. The lowest BCUT2D eigenvalue weighted by Crippen LogP contribution is -2.42. The number of benzene rings is 1. The van der Waals surface area contributed by atoms with Crippen LogP contribution >= 0.6 is 0 Å². The minimum atomic E-state index is -2.34. The molecule has 0 aliphatic rings. The SMILES string of the molecule is CO.O=C(O)C[C@](O)(Cc1ccc(O)cc1)C(=O)O. The Kier molecular flexibility index (Phi) is 6.53. The number of carbonyl (C=O) groups is 2. The van der Waals surface area contributed by atoms with Crippen LogP contribution in [0.25, 0.3) is 0 Å². The second-order valence-electron chi connectivity index (χ2n) is 3.75. The van der Waals surface area contributed by atoms with Gasteiger partial charge in [-0.05, 0) is 17.7 Å². The van der Waals surface area contributed by atoms with Gasteiger partial charge in [0, 0.05) is 13.5 Å². The Balaban J connectivity index is 0.00000154. The number of phenols is 1. The molecule has 0 spiro atoms. The Bertz CT molecular complexity index is 426. The summed E-state index contributed by atoms with van der Waals surface area (Å²) in [6.45, 7) is 0. The third-order valence-corrected chi connectivity index (χ3v) is 2.27. The van der Waals surface area contributed by atoms with Gasteiger partial charge in [0.25, 0.3) is 0 Å². The van der Waals surface area contributed by atoms with E-state index in [4.69, 9.17) is 20.4 Å². The maximum absolute atomic E-state index is 10.9. The summed E-state index contributed by atoms with van der Waals surface area (Å²) >= 11 is 0. The zero-order valence-corrected chi connectivity index (χ0v) is 10.3. The summed E-state index contributed by atoms with van der Waals surface area (Å²) in [5.41, 5.74) is -1.92. The van der Waals surface area contributed by atoms with Gasteiger partial charge in [0.05, 0.1) is 6.42 Å². The van der Waals surface area contributed by atoms with Crippen molar-refractivity contribution in [1.29, 1.82) is 0 Å². The number of hydrogen-bond acceptors (Lipinski definition) is 5. The largest absolute Gasteiger partial charge is 0.508 e. The number of aromatic hydroxyl groups is 1. The van der Waals surface area contributed by atoms with Gasteiger partial charge in [0.15, 0.2) is 5.60 Å². The van der Waals surface area contributed by atoms with Crippen LogP contribution in [0.1, 0.15) is 12.0 Å². The summed E-state index contributed by atoms with van der Waals surface area (Å²) in [5.74, 6) is -2.98. The van der Waals surface area contributed by atoms with Crippen molar-refractivity contribution in [3.8, 4) is 5.75 Å². The van der Waals surface area contributed by atoms with E-state index in [2.05, 4.69) is 0 Å². The van der Waals surface area contributed by atoms with E-state index < -0.39 is 24.0 Å². The van der Waals surface area contributed by atoms with Crippen molar-refractivity contribution in [2.24, 2.45) is 0 Å². The van der Waals surface area contributed by atoms with Gasteiger partial charge in [-0.1, -0.05) is 12.1 Å². The Morgan fingerprint density at radius 3 is 1.95 bits per heavy atom. The number of aliphatic hydroxyl groups excluding tert-OH is 1. The number of phenolic OH excluding ortho intramolecular Hbond substituents is 1. The number of aliphatic hydroxyl groups is 2. The van der Waals surface area contributed by atoms with Crippen LogP contribution in [0.4, 0.5) is 0 Å². The van der Waals surface area contributed by atoms with Crippen LogP contribution in [0, 0.1) is 0 Å². The summed E-state index contributed by atoms with van der Waals surface area (Å²) < 4.78 is 0. The molecule has 0 heterocycles. The fourth-order valence-electron chi connectivity index (χ4n) is 1.42. The molecule has 7 heteroatoms. The van der Waals surface area contributed by atoms with Crippen molar-refractivity contribution in [2.75, 3.05) is 7.11 Å². The molecule has 106 valence electrons. The molecule has 0 unspecified atom stereocenters. The Labute approximate surface area is 109 Å². The summed E-state index contributed by atoms with van der Waals surface area (Å²) in [6, 6.07) is 5.51. The van der Waals surface area contributed by atoms with E-state index in [0.29, 0.717) is 5.56 Å². The van der Waals surface area contributed by atoms with Gasteiger partial charge in [-0.2, -0.15) is 0 Å². The highest BCUT2D eigenvalue weighted by Crippen LogP contribution is 2.20. The Morgan fingerprint density at radius 2 is 1.58 bits per heavy atom. The first kappa shape index (κ1) is 16.9. The van der Waals surface area contributed by atoms with Crippen LogP contribution in [-0.2, 0) is 16.0 Å². The highest BCUT2D eigenvalue weighted by molar-refractivity contribution is 5.84. The van der Waals surface area contributed by atoms with Crippen molar-refractivity contribution < 1.29 is 35.1 Å². The Morgan fingerprint density at radius 1 is 1.11 bits per heavy atom. The molecule has 1 rings (SSSR count). The monoisotopic (exact) mass is 272 g/mol.